The van der Waals surface area contributed by atoms with E-state index in [-0.39, 0.29) is 12.5 Å². The van der Waals surface area contributed by atoms with Gasteiger partial charge in [0.2, 0.25) is 5.91 Å². The van der Waals surface area contributed by atoms with Crippen LogP contribution >= 0.6 is 0 Å². The lowest BCUT2D eigenvalue weighted by Gasteiger charge is -2.21. The van der Waals surface area contributed by atoms with E-state index in [1.807, 2.05) is 6.92 Å². The van der Waals surface area contributed by atoms with Crippen molar-refractivity contribution in [2.24, 2.45) is 0 Å². The van der Waals surface area contributed by atoms with E-state index in [1.165, 1.54) is 0 Å². The van der Waals surface area contributed by atoms with E-state index in [4.69, 9.17) is 4.74 Å². The summed E-state index contributed by atoms with van der Waals surface area (Å²) in [4.78, 5) is 13.0. The van der Waals surface area contributed by atoms with Crippen molar-refractivity contribution in [3.05, 3.63) is 0 Å². The van der Waals surface area contributed by atoms with E-state index in [0.29, 0.717) is 32.7 Å². The molecule has 0 spiro atoms. The Morgan fingerprint density at radius 1 is 1.67 bits per heavy atom. The lowest BCUT2D eigenvalue weighted by molar-refractivity contribution is -0.128. The molecule has 0 aromatic heterocycles. The highest BCUT2D eigenvalue weighted by molar-refractivity contribution is 5.77. The number of nitrogens with one attached hydrogen (secondary N) is 1. The highest BCUT2D eigenvalue weighted by Crippen LogP contribution is 2.16. The van der Waals surface area contributed by atoms with Gasteiger partial charge in [0.1, 0.15) is 5.60 Å². The molecule has 1 rings (SSSR count). The van der Waals surface area contributed by atoms with E-state index in [2.05, 4.69) is 5.32 Å². The molecule has 2 N–H and O–H groups in total. The molecule has 1 aliphatic rings. The number of likely N-dealkylation sites (N-methyl/N-ethyl adjacent to an activating group) is 1. The summed E-state index contributed by atoms with van der Waals surface area (Å²) in [6, 6.07) is 0. The second kappa shape index (κ2) is 5.44. The Hall–Kier alpha value is -0.650. The first-order valence-electron chi connectivity index (χ1n) is 5.32. The molecule has 5 nitrogen and oxygen atoms in total. The Bertz CT molecular complexity index is 215. The molecule has 88 valence electrons. The number of carbonyl (C=O) groups excluding carboxylic acids is 1. The van der Waals surface area contributed by atoms with Gasteiger partial charge in [-0.3, -0.25) is 4.79 Å². The maximum atomic E-state index is 11.4. The Morgan fingerprint density at radius 3 is 2.93 bits per heavy atom. The van der Waals surface area contributed by atoms with Crippen LogP contribution in [0.4, 0.5) is 0 Å². The highest BCUT2D eigenvalue weighted by atomic mass is 16.5. The SMILES string of the molecule is CCN(C)C(=O)CNCC1(O)CCOC1. The van der Waals surface area contributed by atoms with Gasteiger partial charge in [0.15, 0.2) is 0 Å². The molecule has 1 atom stereocenters. The van der Waals surface area contributed by atoms with Crippen LogP contribution in [-0.4, -0.2) is 61.4 Å². The van der Waals surface area contributed by atoms with Gasteiger partial charge >= 0.3 is 0 Å². The summed E-state index contributed by atoms with van der Waals surface area (Å²) in [5, 5.41) is 12.8. The molecule has 1 saturated heterocycles. The number of carbonyl (C=O) groups is 1. The Kier molecular flexibility index (Phi) is 4.50. The van der Waals surface area contributed by atoms with Crippen LogP contribution in [0.15, 0.2) is 0 Å². The van der Waals surface area contributed by atoms with Crippen LogP contribution < -0.4 is 5.32 Å². The van der Waals surface area contributed by atoms with Crippen molar-refractivity contribution in [3.8, 4) is 0 Å². The molecule has 0 radical (unpaired) electrons. The summed E-state index contributed by atoms with van der Waals surface area (Å²) in [5.74, 6) is 0.0417. The molecule has 1 amide bonds. The molecule has 5 heteroatoms. The quantitative estimate of drug-likeness (QED) is 0.632. The standard InChI is InChI=1S/C10H20N2O3/c1-3-12(2)9(13)6-11-7-10(14)4-5-15-8-10/h11,14H,3-8H2,1-2H3. The second-order valence-corrected chi connectivity index (χ2v) is 4.04. The second-order valence-electron chi connectivity index (χ2n) is 4.04. The predicted molar refractivity (Wildman–Crippen MR) is 56.6 cm³/mol. The summed E-state index contributed by atoms with van der Waals surface area (Å²) < 4.78 is 5.10. The van der Waals surface area contributed by atoms with E-state index < -0.39 is 5.60 Å². The Morgan fingerprint density at radius 2 is 2.40 bits per heavy atom. The maximum absolute atomic E-state index is 11.4. The first kappa shape index (κ1) is 12.4. The van der Waals surface area contributed by atoms with Crippen LogP contribution in [0.3, 0.4) is 0 Å². The molecule has 1 unspecified atom stereocenters. The number of aliphatic hydroxyl groups is 1. The minimum Gasteiger partial charge on any atom is -0.386 e. The third-order valence-electron chi connectivity index (χ3n) is 2.71. The number of hydrogen-bond donors (Lipinski definition) is 2. The first-order valence-corrected chi connectivity index (χ1v) is 5.32. The molecule has 1 fully saturated rings. The van der Waals surface area contributed by atoms with Crippen LogP contribution in [0.25, 0.3) is 0 Å². The van der Waals surface area contributed by atoms with Crippen LogP contribution in [0.1, 0.15) is 13.3 Å². The monoisotopic (exact) mass is 216 g/mol. The minimum absolute atomic E-state index is 0.0417. The molecule has 0 saturated carbocycles. The highest BCUT2D eigenvalue weighted by Gasteiger charge is 2.31. The average molecular weight is 216 g/mol. The molecular weight excluding hydrogens is 196 g/mol. The molecule has 1 aliphatic heterocycles. The summed E-state index contributed by atoms with van der Waals surface area (Å²) in [7, 11) is 1.76. The van der Waals surface area contributed by atoms with Gasteiger partial charge in [-0.2, -0.15) is 0 Å². The van der Waals surface area contributed by atoms with Crippen LogP contribution in [0.5, 0.6) is 0 Å². The molecular formula is C10H20N2O3. The molecule has 1 heterocycles. The van der Waals surface area contributed by atoms with Crippen LogP contribution in [-0.2, 0) is 9.53 Å². The maximum Gasteiger partial charge on any atom is 0.236 e. The summed E-state index contributed by atoms with van der Waals surface area (Å²) >= 11 is 0. The fraction of sp³-hybridized carbons (Fsp3) is 0.900. The van der Waals surface area contributed by atoms with Gasteiger partial charge in [0, 0.05) is 33.2 Å². The molecule has 0 aromatic carbocycles. The lowest BCUT2D eigenvalue weighted by atomic mass is 10.0. The predicted octanol–water partition coefficient (Wildman–Crippen LogP) is -0.794. The zero-order valence-electron chi connectivity index (χ0n) is 9.45. The van der Waals surface area contributed by atoms with E-state index in [9.17, 15) is 9.90 Å². The molecule has 0 aliphatic carbocycles. The van der Waals surface area contributed by atoms with Gasteiger partial charge in [-0.25, -0.2) is 0 Å². The van der Waals surface area contributed by atoms with Gasteiger partial charge in [-0.05, 0) is 6.92 Å². The third-order valence-corrected chi connectivity index (χ3v) is 2.71. The average Bonchev–Trinajstić information content (AvgIpc) is 2.64. The van der Waals surface area contributed by atoms with Crippen molar-refractivity contribution < 1.29 is 14.6 Å². The van der Waals surface area contributed by atoms with Gasteiger partial charge in [0.25, 0.3) is 0 Å². The topological polar surface area (TPSA) is 61.8 Å². The normalized spacial score (nSPS) is 25.5. The largest absolute Gasteiger partial charge is 0.386 e. The van der Waals surface area contributed by atoms with Gasteiger partial charge in [-0.15, -0.1) is 0 Å². The summed E-state index contributed by atoms with van der Waals surface area (Å²) in [6.07, 6.45) is 0.637. The summed E-state index contributed by atoms with van der Waals surface area (Å²) in [5.41, 5.74) is -0.787. The Labute approximate surface area is 90.4 Å². The van der Waals surface area contributed by atoms with E-state index in [1.54, 1.807) is 11.9 Å². The van der Waals surface area contributed by atoms with Crippen LogP contribution in [0.2, 0.25) is 0 Å². The smallest absolute Gasteiger partial charge is 0.236 e. The van der Waals surface area contributed by atoms with Crippen molar-refractivity contribution in [3.63, 3.8) is 0 Å². The van der Waals surface area contributed by atoms with Crippen molar-refractivity contribution in [2.45, 2.75) is 18.9 Å². The van der Waals surface area contributed by atoms with Crippen molar-refractivity contribution in [1.29, 1.82) is 0 Å². The fourth-order valence-corrected chi connectivity index (χ4v) is 1.45. The van der Waals surface area contributed by atoms with E-state index in [0.717, 1.165) is 0 Å². The van der Waals surface area contributed by atoms with E-state index >= 15 is 0 Å². The van der Waals surface area contributed by atoms with Gasteiger partial charge in [0.05, 0.1) is 13.2 Å². The van der Waals surface area contributed by atoms with Crippen LogP contribution in [0, 0.1) is 0 Å². The van der Waals surface area contributed by atoms with Gasteiger partial charge < -0.3 is 20.1 Å². The zero-order chi connectivity index (χ0) is 11.3. The third kappa shape index (κ3) is 3.77. The van der Waals surface area contributed by atoms with Crippen molar-refractivity contribution >= 4 is 5.91 Å². The number of nitrogens with zero attached hydrogens (tertiary/aromatic N) is 1. The first-order chi connectivity index (χ1) is 7.07. The zero-order valence-corrected chi connectivity index (χ0v) is 9.45. The molecule has 0 bridgehead atoms. The Balaban J connectivity index is 2.18. The number of ether oxygens (including phenoxy) is 1. The molecule has 0 aromatic rings. The minimum atomic E-state index is -0.787. The van der Waals surface area contributed by atoms with Gasteiger partial charge in [-0.1, -0.05) is 0 Å². The number of hydrogen-bond acceptors (Lipinski definition) is 4. The lowest BCUT2D eigenvalue weighted by Crippen LogP contribution is -2.44. The van der Waals surface area contributed by atoms with Crippen molar-refractivity contribution in [2.75, 3.05) is 39.9 Å². The fourth-order valence-electron chi connectivity index (χ4n) is 1.45. The summed E-state index contributed by atoms with van der Waals surface area (Å²) in [6.45, 7) is 4.27. The number of rotatable bonds is 5. The number of amides is 1. The molecule has 15 heavy (non-hydrogen) atoms. The van der Waals surface area contributed by atoms with Crippen molar-refractivity contribution in [1.82, 2.24) is 10.2 Å².